The molecule has 7 nitrogen and oxygen atoms in total. The van der Waals surface area contributed by atoms with Crippen molar-refractivity contribution in [3.05, 3.63) is 23.9 Å². The molecule has 1 aromatic heterocycles. The highest BCUT2D eigenvalue weighted by Gasteiger charge is 2.15. The average molecular weight is 309 g/mol. The number of amides is 2. The molecule has 1 fully saturated rings. The highest BCUT2D eigenvalue weighted by Crippen LogP contribution is 2.14. The number of rotatable bonds is 7. The Morgan fingerprint density at radius 3 is 3.14 bits per heavy atom. The Morgan fingerprint density at radius 2 is 2.36 bits per heavy atom. The number of hydrogen-bond acceptors (Lipinski definition) is 5. The minimum Gasteiger partial charge on any atom is -0.477 e. The second kappa shape index (κ2) is 9.22. The lowest BCUT2D eigenvalue weighted by atomic mass is 10.2. The van der Waals surface area contributed by atoms with Crippen LogP contribution >= 0.6 is 0 Å². The van der Waals surface area contributed by atoms with Crippen molar-refractivity contribution in [2.75, 3.05) is 33.0 Å². The molecule has 7 heteroatoms. The van der Waals surface area contributed by atoms with Gasteiger partial charge in [-0.15, -0.1) is 0 Å². The van der Waals surface area contributed by atoms with Gasteiger partial charge in [0.05, 0.1) is 32.5 Å². The Hall–Kier alpha value is -1.86. The quantitative estimate of drug-likeness (QED) is 0.788. The maximum absolute atomic E-state index is 11.8. The SMILES string of the molecule is CCCOc1ncccc1CNC(=O)NC[C@H]1COCCO1. The molecular formula is C15H23N3O4. The van der Waals surface area contributed by atoms with Crippen LogP contribution in [0.3, 0.4) is 0 Å². The molecule has 2 amide bonds. The molecule has 0 saturated carbocycles. The van der Waals surface area contributed by atoms with Crippen molar-refractivity contribution < 1.29 is 19.0 Å². The van der Waals surface area contributed by atoms with Gasteiger partial charge >= 0.3 is 6.03 Å². The fourth-order valence-corrected chi connectivity index (χ4v) is 1.99. The normalized spacial score (nSPS) is 17.8. The minimum absolute atomic E-state index is 0.0821. The maximum Gasteiger partial charge on any atom is 0.315 e. The molecule has 122 valence electrons. The zero-order valence-corrected chi connectivity index (χ0v) is 12.8. The Labute approximate surface area is 130 Å². The summed E-state index contributed by atoms with van der Waals surface area (Å²) in [6.07, 6.45) is 2.50. The lowest BCUT2D eigenvalue weighted by Crippen LogP contribution is -2.43. The Morgan fingerprint density at radius 1 is 1.45 bits per heavy atom. The number of carbonyl (C=O) groups is 1. The van der Waals surface area contributed by atoms with Gasteiger partial charge in [0.2, 0.25) is 5.88 Å². The van der Waals surface area contributed by atoms with E-state index in [4.69, 9.17) is 14.2 Å². The molecule has 1 aromatic rings. The van der Waals surface area contributed by atoms with Crippen LogP contribution in [0, 0.1) is 0 Å². The summed E-state index contributed by atoms with van der Waals surface area (Å²) < 4.78 is 16.3. The number of pyridine rings is 1. The molecular weight excluding hydrogens is 286 g/mol. The monoisotopic (exact) mass is 309 g/mol. The largest absolute Gasteiger partial charge is 0.477 e. The first-order valence-electron chi connectivity index (χ1n) is 7.57. The number of hydrogen-bond donors (Lipinski definition) is 2. The third-order valence-electron chi connectivity index (χ3n) is 3.11. The van der Waals surface area contributed by atoms with Crippen LogP contribution in [0.5, 0.6) is 5.88 Å². The highest BCUT2D eigenvalue weighted by molar-refractivity contribution is 5.73. The molecule has 1 saturated heterocycles. The van der Waals surface area contributed by atoms with E-state index in [9.17, 15) is 4.79 Å². The average Bonchev–Trinajstić information content (AvgIpc) is 2.58. The minimum atomic E-state index is -0.250. The van der Waals surface area contributed by atoms with Gasteiger partial charge in [-0.25, -0.2) is 9.78 Å². The summed E-state index contributed by atoms with van der Waals surface area (Å²) in [5.41, 5.74) is 0.850. The van der Waals surface area contributed by atoms with Gasteiger partial charge in [0.15, 0.2) is 0 Å². The van der Waals surface area contributed by atoms with Gasteiger partial charge in [0.1, 0.15) is 0 Å². The van der Waals surface area contributed by atoms with E-state index in [-0.39, 0.29) is 12.1 Å². The van der Waals surface area contributed by atoms with E-state index >= 15 is 0 Å². The van der Waals surface area contributed by atoms with Crippen LogP contribution in [0.1, 0.15) is 18.9 Å². The number of nitrogens with one attached hydrogen (secondary N) is 2. The van der Waals surface area contributed by atoms with Gasteiger partial charge in [-0.05, 0) is 12.5 Å². The first-order chi connectivity index (χ1) is 10.8. The van der Waals surface area contributed by atoms with Gasteiger partial charge in [-0.3, -0.25) is 0 Å². The van der Waals surface area contributed by atoms with Crippen LogP contribution in [0.25, 0.3) is 0 Å². The Bertz CT molecular complexity index is 464. The second-order valence-corrected chi connectivity index (χ2v) is 4.95. The summed E-state index contributed by atoms with van der Waals surface area (Å²) >= 11 is 0. The van der Waals surface area contributed by atoms with Crippen molar-refractivity contribution in [3.63, 3.8) is 0 Å². The zero-order valence-electron chi connectivity index (χ0n) is 12.8. The summed E-state index contributed by atoms with van der Waals surface area (Å²) in [5.74, 6) is 0.564. The zero-order chi connectivity index (χ0) is 15.6. The fourth-order valence-electron chi connectivity index (χ4n) is 1.99. The van der Waals surface area contributed by atoms with Crippen LogP contribution in [0.15, 0.2) is 18.3 Å². The first-order valence-corrected chi connectivity index (χ1v) is 7.57. The number of carbonyl (C=O) groups excluding carboxylic acids is 1. The predicted octanol–water partition coefficient (Wildman–Crippen LogP) is 1.08. The van der Waals surface area contributed by atoms with Crippen molar-refractivity contribution in [1.82, 2.24) is 15.6 Å². The predicted molar refractivity (Wildman–Crippen MR) is 80.8 cm³/mol. The molecule has 2 rings (SSSR count). The number of ether oxygens (including phenoxy) is 3. The van der Waals surface area contributed by atoms with Crippen LogP contribution in [-0.2, 0) is 16.0 Å². The summed E-state index contributed by atoms with van der Waals surface area (Å²) in [7, 11) is 0. The molecule has 0 radical (unpaired) electrons. The summed E-state index contributed by atoms with van der Waals surface area (Å²) in [4.78, 5) is 16.0. The fraction of sp³-hybridized carbons (Fsp3) is 0.600. The third kappa shape index (κ3) is 5.50. The van der Waals surface area contributed by atoms with E-state index in [0.29, 0.717) is 45.4 Å². The first kappa shape index (κ1) is 16.5. The molecule has 22 heavy (non-hydrogen) atoms. The maximum atomic E-state index is 11.8. The molecule has 1 aliphatic rings. The standard InChI is InChI=1S/C15H23N3O4/c1-2-6-22-14-12(4-3-5-16-14)9-17-15(19)18-10-13-11-20-7-8-21-13/h3-5,13H,2,6-11H2,1H3,(H2,17,18,19)/t13-/m0/s1. The lowest BCUT2D eigenvalue weighted by Gasteiger charge is -2.23. The number of nitrogens with zero attached hydrogens (tertiary/aromatic N) is 1. The highest BCUT2D eigenvalue weighted by atomic mass is 16.6. The van der Waals surface area contributed by atoms with Crippen LogP contribution in [-0.4, -0.2) is 50.1 Å². The topological polar surface area (TPSA) is 81.7 Å². The van der Waals surface area contributed by atoms with Crippen molar-refractivity contribution in [2.45, 2.75) is 26.0 Å². The lowest BCUT2D eigenvalue weighted by molar-refractivity contribution is -0.0853. The van der Waals surface area contributed by atoms with Gasteiger partial charge in [0.25, 0.3) is 0 Å². The van der Waals surface area contributed by atoms with Gasteiger partial charge in [-0.2, -0.15) is 0 Å². The molecule has 0 aromatic carbocycles. The number of urea groups is 1. The second-order valence-electron chi connectivity index (χ2n) is 4.95. The molecule has 0 bridgehead atoms. The van der Waals surface area contributed by atoms with E-state index < -0.39 is 0 Å². The molecule has 0 unspecified atom stereocenters. The van der Waals surface area contributed by atoms with Gasteiger partial charge in [-0.1, -0.05) is 13.0 Å². The van der Waals surface area contributed by atoms with E-state index in [1.165, 1.54) is 0 Å². The van der Waals surface area contributed by atoms with Crippen LogP contribution in [0.4, 0.5) is 4.79 Å². The Kier molecular flexibility index (Phi) is 6.92. The third-order valence-corrected chi connectivity index (χ3v) is 3.11. The van der Waals surface area contributed by atoms with E-state index in [1.54, 1.807) is 6.20 Å². The van der Waals surface area contributed by atoms with Crippen molar-refractivity contribution in [1.29, 1.82) is 0 Å². The van der Waals surface area contributed by atoms with E-state index in [0.717, 1.165) is 12.0 Å². The molecule has 1 aliphatic heterocycles. The molecule has 2 N–H and O–H groups in total. The van der Waals surface area contributed by atoms with Crippen LogP contribution in [0.2, 0.25) is 0 Å². The molecule has 0 aliphatic carbocycles. The Balaban J connectivity index is 1.73. The van der Waals surface area contributed by atoms with Gasteiger partial charge < -0.3 is 24.8 Å². The summed E-state index contributed by atoms with van der Waals surface area (Å²) in [6.45, 7) is 5.13. The smallest absolute Gasteiger partial charge is 0.315 e. The van der Waals surface area contributed by atoms with E-state index in [1.807, 2.05) is 19.1 Å². The van der Waals surface area contributed by atoms with Gasteiger partial charge in [0, 0.05) is 24.8 Å². The summed E-state index contributed by atoms with van der Waals surface area (Å²) in [6, 6.07) is 3.46. The molecule has 1 atom stereocenters. The molecule has 2 heterocycles. The van der Waals surface area contributed by atoms with Crippen LogP contribution < -0.4 is 15.4 Å². The van der Waals surface area contributed by atoms with E-state index in [2.05, 4.69) is 15.6 Å². The van der Waals surface area contributed by atoms with Crippen molar-refractivity contribution >= 4 is 6.03 Å². The molecule has 0 spiro atoms. The van der Waals surface area contributed by atoms with Crippen molar-refractivity contribution in [3.8, 4) is 5.88 Å². The summed E-state index contributed by atoms with van der Waals surface area (Å²) in [5, 5.41) is 5.56. The van der Waals surface area contributed by atoms with Crippen molar-refractivity contribution in [2.24, 2.45) is 0 Å². The number of aromatic nitrogens is 1.